The Labute approximate surface area is 135 Å². The molecule has 0 atom stereocenters. The van der Waals surface area contributed by atoms with Crippen LogP contribution in [-0.2, 0) is 11.2 Å². The largest absolute Gasteiger partial charge is 0.492 e. The highest BCUT2D eigenvalue weighted by molar-refractivity contribution is 9.10. The van der Waals surface area contributed by atoms with Crippen molar-refractivity contribution in [3.63, 3.8) is 0 Å². The van der Waals surface area contributed by atoms with E-state index in [4.69, 9.17) is 4.74 Å². The van der Waals surface area contributed by atoms with Gasteiger partial charge in [-0.3, -0.25) is 4.79 Å². The fourth-order valence-corrected chi connectivity index (χ4v) is 3.13. The highest BCUT2D eigenvalue weighted by Crippen LogP contribution is 2.26. The lowest BCUT2D eigenvalue weighted by molar-refractivity contribution is -0.132. The summed E-state index contributed by atoms with van der Waals surface area (Å²) in [6.07, 6.45) is 5.94. The summed E-state index contributed by atoms with van der Waals surface area (Å²) in [5.41, 5.74) is 1.29. The number of carbonyl (C=O) groups is 1. The molecule has 0 radical (unpaired) electrons. The lowest BCUT2D eigenvalue weighted by Crippen LogP contribution is -2.35. The van der Waals surface area contributed by atoms with Gasteiger partial charge in [-0.15, -0.1) is 0 Å². The van der Waals surface area contributed by atoms with Gasteiger partial charge >= 0.3 is 0 Å². The summed E-state index contributed by atoms with van der Waals surface area (Å²) in [5.74, 6) is 1.14. The van der Waals surface area contributed by atoms with E-state index in [9.17, 15) is 4.79 Å². The zero-order valence-electron chi connectivity index (χ0n) is 12.7. The smallest absolute Gasteiger partial charge is 0.222 e. The van der Waals surface area contributed by atoms with Crippen LogP contribution in [-0.4, -0.2) is 30.5 Å². The van der Waals surface area contributed by atoms with Gasteiger partial charge in [0, 0.05) is 19.5 Å². The zero-order chi connectivity index (χ0) is 15.1. The highest BCUT2D eigenvalue weighted by Gasteiger charge is 2.15. The molecule has 1 aliphatic rings. The molecule has 116 valence electrons. The highest BCUT2D eigenvalue weighted by atomic mass is 79.9. The van der Waals surface area contributed by atoms with Crippen LogP contribution >= 0.6 is 15.9 Å². The molecule has 0 aromatic heterocycles. The van der Waals surface area contributed by atoms with Gasteiger partial charge in [0.25, 0.3) is 0 Å². The topological polar surface area (TPSA) is 29.5 Å². The van der Waals surface area contributed by atoms with E-state index < -0.39 is 0 Å². The molecule has 1 aromatic rings. The summed E-state index contributed by atoms with van der Waals surface area (Å²) < 4.78 is 6.75. The first-order valence-corrected chi connectivity index (χ1v) is 8.69. The summed E-state index contributed by atoms with van der Waals surface area (Å²) in [5, 5.41) is 0. The minimum absolute atomic E-state index is 0.277. The number of nitrogens with zero attached hydrogens (tertiary/aromatic N) is 1. The van der Waals surface area contributed by atoms with Gasteiger partial charge in [0.2, 0.25) is 5.91 Å². The maximum absolute atomic E-state index is 12.0. The number of rotatable bonds is 6. The van der Waals surface area contributed by atoms with Crippen molar-refractivity contribution in [1.29, 1.82) is 0 Å². The van der Waals surface area contributed by atoms with Crippen molar-refractivity contribution in [2.24, 2.45) is 0 Å². The molecule has 1 amide bonds. The lowest BCUT2D eigenvalue weighted by Gasteiger charge is -2.26. The molecule has 0 spiro atoms. The van der Waals surface area contributed by atoms with E-state index in [-0.39, 0.29) is 5.91 Å². The lowest BCUT2D eigenvalue weighted by atomic mass is 10.1. The third-order valence-electron chi connectivity index (χ3n) is 3.91. The summed E-state index contributed by atoms with van der Waals surface area (Å²) in [4.78, 5) is 14.0. The van der Waals surface area contributed by atoms with Gasteiger partial charge in [-0.05, 0) is 65.7 Å². The van der Waals surface area contributed by atoms with E-state index >= 15 is 0 Å². The minimum atomic E-state index is 0.277. The van der Waals surface area contributed by atoms with Crippen LogP contribution in [0.1, 0.15) is 44.6 Å². The monoisotopic (exact) mass is 353 g/mol. The minimum Gasteiger partial charge on any atom is -0.492 e. The van der Waals surface area contributed by atoms with Crippen LogP contribution in [0, 0.1) is 0 Å². The van der Waals surface area contributed by atoms with Crippen LogP contribution in [0.25, 0.3) is 0 Å². The first-order chi connectivity index (χ1) is 10.2. The van der Waals surface area contributed by atoms with Crippen molar-refractivity contribution in [3.8, 4) is 5.75 Å². The number of halogens is 1. The normalized spacial score (nSPS) is 15.0. The van der Waals surface area contributed by atoms with E-state index in [0.29, 0.717) is 13.0 Å². The number of ether oxygens (including phenoxy) is 1. The number of benzene rings is 1. The second kappa shape index (κ2) is 8.42. The molecule has 4 heteroatoms. The van der Waals surface area contributed by atoms with Crippen LogP contribution in [0.2, 0.25) is 0 Å². The van der Waals surface area contributed by atoms with E-state index in [1.165, 1.54) is 12.0 Å². The van der Waals surface area contributed by atoms with E-state index in [1.807, 2.05) is 11.0 Å². The average Bonchev–Trinajstić information content (AvgIpc) is 2.53. The molecule has 0 bridgehead atoms. The summed E-state index contributed by atoms with van der Waals surface area (Å²) in [6.45, 7) is 4.59. The number of hydrogen-bond acceptors (Lipinski definition) is 2. The molecule has 1 fully saturated rings. The molecular formula is C17H24BrNO2. The Balaban J connectivity index is 1.70. The Morgan fingerprint density at radius 2 is 2.05 bits per heavy atom. The van der Waals surface area contributed by atoms with Crippen LogP contribution in [0.5, 0.6) is 5.75 Å². The zero-order valence-corrected chi connectivity index (χ0v) is 14.3. The fourth-order valence-electron chi connectivity index (χ4n) is 2.59. The van der Waals surface area contributed by atoms with Crippen molar-refractivity contribution in [2.75, 3.05) is 19.7 Å². The van der Waals surface area contributed by atoms with Gasteiger partial charge in [0.05, 0.1) is 11.1 Å². The molecule has 0 aliphatic carbocycles. The first-order valence-electron chi connectivity index (χ1n) is 7.89. The standard InChI is InChI=1S/C17H24BrNO2/c1-2-14-8-9-16(15(18)13-14)21-12-6-7-17(20)19-10-4-3-5-11-19/h8-9,13H,2-7,10-12H2,1H3. The predicted molar refractivity (Wildman–Crippen MR) is 88.7 cm³/mol. The summed E-state index contributed by atoms with van der Waals surface area (Å²) >= 11 is 3.53. The van der Waals surface area contributed by atoms with Crippen molar-refractivity contribution in [1.82, 2.24) is 4.90 Å². The van der Waals surface area contributed by atoms with Crippen LogP contribution < -0.4 is 4.74 Å². The van der Waals surface area contributed by atoms with Gasteiger partial charge in [0.1, 0.15) is 5.75 Å². The average molecular weight is 354 g/mol. The summed E-state index contributed by atoms with van der Waals surface area (Å²) in [7, 11) is 0. The maximum Gasteiger partial charge on any atom is 0.222 e. The van der Waals surface area contributed by atoms with Gasteiger partial charge in [-0.2, -0.15) is 0 Å². The van der Waals surface area contributed by atoms with Crippen molar-refractivity contribution < 1.29 is 9.53 Å². The van der Waals surface area contributed by atoms with Crippen LogP contribution in [0.4, 0.5) is 0 Å². The number of carbonyl (C=O) groups excluding carboxylic acids is 1. The number of amides is 1. The molecular weight excluding hydrogens is 330 g/mol. The molecule has 0 saturated carbocycles. The molecule has 3 nitrogen and oxygen atoms in total. The molecule has 21 heavy (non-hydrogen) atoms. The number of hydrogen-bond donors (Lipinski definition) is 0. The predicted octanol–water partition coefficient (Wildman–Crippen LogP) is 4.18. The second-order valence-corrected chi connectivity index (χ2v) is 6.37. The Hall–Kier alpha value is -1.03. The van der Waals surface area contributed by atoms with Gasteiger partial charge in [-0.25, -0.2) is 0 Å². The molecule has 1 aliphatic heterocycles. The van der Waals surface area contributed by atoms with E-state index in [2.05, 4.69) is 35.0 Å². The van der Waals surface area contributed by atoms with Crippen LogP contribution in [0.15, 0.2) is 22.7 Å². The SMILES string of the molecule is CCc1ccc(OCCCC(=O)N2CCCCC2)c(Br)c1. The molecule has 1 saturated heterocycles. The summed E-state index contributed by atoms with van der Waals surface area (Å²) in [6, 6.07) is 6.17. The third kappa shape index (κ3) is 5.03. The molecule has 0 unspecified atom stereocenters. The number of likely N-dealkylation sites (tertiary alicyclic amines) is 1. The van der Waals surface area contributed by atoms with Crippen molar-refractivity contribution >= 4 is 21.8 Å². The third-order valence-corrected chi connectivity index (χ3v) is 4.53. The van der Waals surface area contributed by atoms with Gasteiger partial charge in [-0.1, -0.05) is 13.0 Å². The molecule has 1 heterocycles. The Bertz CT molecular complexity index is 470. The van der Waals surface area contributed by atoms with Crippen LogP contribution in [0.3, 0.4) is 0 Å². The number of aryl methyl sites for hydroxylation is 1. The van der Waals surface area contributed by atoms with E-state index in [1.54, 1.807) is 0 Å². The second-order valence-electron chi connectivity index (χ2n) is 5.51. The van der Waals surface area contributed by atoms with E-state index in [0.717, 1.165) is 49.0 Å². The quantitative estimate of drug-likeness (QED) is 0.717. The Morgan fingerprint density at radius 3 is 2.71 bits per heavy atom. The fraction of sp³-hybridized carbons (Fsp3) is 0.588. The maximum atomic E-state index is 12.0. The van der Waals surface area contributed by atoms with Gasteiger partial charge in [0.15, 0.2) is 0 Å². The Morgan fingerprint density at radius 1 is 1.29 bits per heavy atom. The van der Waals surface area contributed by atoms with Crippen molar-refractivity contribution in [3.05, 3.63) is 28.2 Å². The molecule has 0 N–H and O–H groups in total. The first kappa shape index (κ1) is 16.3. The molecule has 2 rings (SSSR count). The number of piperidine rings is 1. The van der Waals surface area contributed by atoms with Gasteiger partial charge < -0.3 is 9.64 Å². The molecule has 1 aromatic carbocycles. The van der Waals surface area contributed by atoms with Crippen molar-refractivity contribution in [2.45, 2.75) is 45.4 Å². The Kier molecular flexibility index (Phi) is 6.55.